The highest BCUT2D eigenvalue weighted by Crippen LogP contribution is 2.24. The summed E-state index contributed by atoms with van der Waals surface area (Å²) in [6.07, 6.45) is 3.49. The summed E-state index contributed by atoms with van der Waals surface area (Å²) < 4.78 is 28.2. The standard InChI is InChI=1S/C37H47F2N3O3/c1-5-14-42(6-2)37(45)30-17-25(4)16-29(21-30)36(44)41-34(20-28-18-31(38)22-32(39)19-28)35(43)33-13-12-27(23-40-33)11-10-26-9-7-8-24(3)15-26/h7-9,15-19,21-22,27,33-35,40,43H,5-6,10-14,20,23H2,1-4H3,(H,41,44)/t27?,33?,34-,35+/m0/s1. The Hall–Kier alpha value is -3.62. The number of halogens is 2. The zero-order valence-electron chi connectivity index (χ0n) is 26.9. The summed E-state index contributed by atoms with van der Waals surface area (Å²) in [6, 6.07) is 15.7. The van der Waals surface area contributed by atoms with Crippen LogP contribution in [0.15, 0.2) is 60.7 Å². The van der Waals surface area contributed by atoms with Crippen LogP contribution in [0.5, 0.6) is 0 Å². The minimum atomic E-state index is -1.01. The normalized spacial score (nSPS) is 17.8. The van der Waals surface area contributed by atoms with Crippen molar-refractivity contribution < 1.29 is 23.5 Å². The van der Waals surface area contributed by atoms with Gasteiger partial charge in [-0.2, -0.15) is 0 Å². The first-order valence-corrected chi connectivity index (χ1v) is 16.2. The van der Waals surface area contributed by atoms with Gasteiger partial charge in [-0.1, -0.05) is 36.8 Å². The second kappa shape index (κ2) is 16.1. The highest BCUT2D eigenvalue weighted by molar-refractivity contribution is 6.00. The van der Waals surface area contributed by atoms with E-state index in [0.717, 1.165) is 43.9 Å². The van der Waals surface area contributed by atoms with E-state index in [9.17, 15) is 23.5 Å². The lowest BCUT2D eigenvalue weighted by Gasteiger charge is -2.36. The number of rotatable bonds is 13. The Morgan fingerprint density at radius 3 is 2.33 bits per heavy atom. The van der Waals surface area contributed by atoms with Crippen molar-refractivity contribution >= 4 is 11.8 Å². The number of aryl methyl sites for hydroxylation is 3. The molecule has 3 aromatic rings. The van der Waals surface area contributed by atoms with Gasteiger partial charge in [0, 0.05) is 36.3 Å². The topological polar surface area (TPSA) is 81.7 Å². The van der Waals surface area contributed by atoms with Gasteiger partial charge < -0.3 is 20.6 Å². The molecule has 1 heterocycles. The van der Waals surface area contributed by atoms with Crippen LogP contribution in [0.3, 0.4) is 0 Å². The van der Waals surface area contributed by atoms with Crippen molar-refractivity contribution in [2.24, 2.45) is 5.92 Å². The third-order valence-corrected chi connectivity index (χ3v) is 8.75. The Kier molecular flexibility index (Phi) is 12.3. The first-order chi connectivity index (χ1) is 21.6. The fourth-order valence-electron chi connectivity index (χ4n) is 6.38. The molecule has 2 amide bonds. The fraction of sp³-hybridized carbons (Fsp3) is 0.459. The van der Waals surface area contributed by atoms with Gasteiger partial charge in [0.1, 0.15) is 11.6 Å². The van der Waals surface area contributed by atoms with Gasteiger partial charge in [0.2, 0.25) is 0 Å². The molecule has 1 saturated heterocycles. The minimum Gasteiger partial charge on any atom is -0.389 e. The summed E-state index contributed by atoms with van der Waals surface area (Å²) in [5.74, 6) is -1.58. The lowest BCUT2D eigenvalue weighted by Crippen LogP contribution is -2.56. The Morgan fingerprint density at radius 2 is 1.69 bits per heavy atom. The molecule has 0 saturated carbocycles. The van der Waals surface area contributed by atoms with E-state index in [0.29, 0.717) is 42.1 Å². The van der Waals surface area contributed by atoms with Crippen molar-refractivity contribution in [2.45, 2.75) is 84.4 Å². The maximum absolute atomic E-state index is 14.1. The molecule has 4 rings (SSSR count). The molecule has 0 aromatic heterocycles. The van der Waals surface area contributed by atoms with Crippen molar-refractivity contribution in [2.75, 3.05) is 19.6 Å². The molecule has 3 N–H and O–H groups in total. The number of benzene rings is 3. The number of amides is 2. The van der Waals surface area contributed by atoms with Gasteiger partial charge in [0.05, 0.1) is 12.1 Å². The van der Waals surface area contributed by atoms with Crippen LogP contribution in [-0.4, -0.2) is 59.6 Å². The summed E-state index contributed by atoms with van der Waals surface area (Å²) in [5, 5.41) is 18.0. The van der Waals surface area contributed by atoms with E-state index in [2.05, 4.69) is 41.8 Å². The molecular weight excluding hydrogens is 572 g/mol. The molecule has 6 nitrogen and oxygen atoms in total. The van der Waals surface area contributed by atoms with Crippen LogP contribution in [0.4, 0.5) is 8.78 Å². The second-order valence-corrected chi connectivity index (χ2v) is 12.5. The maximum Gasteiger partial charge on any atom is 0.253 e. The van der Waals surface area contributed by atoms with Crippen LogP contribution >= 0.6 is 0 Å². The third kappa shape index (κ3) is 9.68. The zero-order valence-corrected chi connectivity index (χ0v) is 26.9. The van der Waals surface area contributed by atoms with E-state index in [-0.39, 0.29) is 18.4 Å². The van der Waals surface area contributed by atoms with Crippen LogP contribution in [0.25, 0.3) is 0 Å². The van der Waals surface area contributed by atoms with Gasteiger partial charge >= 0.3 is 0 Å². The number of carbonyl (C=O) groups excluding carboxylic acids is 2. The third-order valence-electron chi connectivity index (χ3n) is 8.75. The first-order valence-electron chi connectivity index (χ1n) is 16.2. The van der Waals surface area contributed by atoms with Crippen molar-refractivity contribution in [1.82, 2.24) is 15.5 Å². The molecular formula is C37H47F2N3O3. The predicted molar refractivity (Wildman–Crippen MR) is 174 cm³/mol. The highest BCUT2D eigenvalue weighted by Gasteiger charge is 2.33. The first kappa shape index (κ1) is 34.3. The van der Waals surface area contributed by atoms with E-state index in [1.165, 1.54) is 23.3 Å². The quantitative estimate of drug-likeness (QED) is 0.214. The molecule has 4 atom stereocenters. The predicted octanol–water partition coefficient (Wildman–Crippen LogP) is 6.16. The van der Waals surface area contributed by atoms with Crippen LogP contribution < -0.4 is 10.6 Å². The smallest absolute Gasteiger partial charge is 0.253 e. The van der Waals surface area contributed by atoms with Gasteiger partial charge in [0.25, 0.3) is 11.8 Å². The van der Waals surface area contributed by atoms with E-state index < -0.39 is 29.7 Å². The summed E-state index contributed by atoms with van der Waals surface area (Å²) in [7, 11) is 0. The number of aliphatic hydroxyl groups is 1. The molecule has 0 aliphatic carbocycles. The summed E-state index contributed by atoms with van der Waals surface area (Å²) >= 11 is 0. The van der Waals surface area contributed by atoms with Crippen molar-refractivity contribution in [3.05, 3.63) is 106 Å². The van der Waals surface area contributed by atoms with Gasteiger partial charge in [-0.3, -0.25) is 9.59 Å². The van der Waals surface area contributed by atoms with E-state index in [1.54, 1.807) is 23.1 Å². The average molecular weight is 620 g/mol. The number of hydrogen-bond acceptors (Lipinski definition) is 4. The van der Waals surface area contributed by atoms with Gasteiger partial charge in [0.15, 0.2) is 0 Å². The second-order valence-electron chi connectivity index (χ2n) is 12.5. The molecule has 1 fully saturated rings. The SMILES string of the molecule is CCCN(CC)C(=O)c1cc(C)cc(C(=O)N[C@@H](Cc2cc(F)cc(F)c2)[C@H](O)C2CCC(CCc3cccc(C)c3)CN2)c1. The lowest BCUT2D eigenvalue weighted by atomic mass is 9.85. The van der Waals surface area contributed by atoms with Crippen LogP contribution in [-0.2, 0) is 12.8 Å². The van der Waals surface area contributed by atoms with E-state index >= 15 is 0 Å². The van der Waals surface area contributed by atoms with Gasteiger partial charge in [-0.25, -0.2) is 8.78 Å². The number of carbonyl (C=O) groups is 2. The lowest BCUT2D eigenvalue weighted by molar-refractivity contribution is 0.0595. The van der Waals surface area contributed by atoms with Crippen molar-refractivity contribution in [3.63, 3.8) is 0 Å². The van der Waals surface area contributed by atoms with Crippen LogP contribution in [0, 0.1) is 31.4 Å². The van der Waals surface area contributed by atoms with Crippen LogP contribution in [0.2, 0.25) is 0 Å². The Morgan fingerprint density at radius 1 is 0.956 bits per heavy atom. The number of nitrogens with one attached hydrogen (secondary N) is 2. The maximum atomic E-state index is 14.1. The molecule has 0 bridgehead atoms. The Labute approximate surface area is 266 Å². The van der Waals surface area contributed by atoms with Crippen molar-refractivity contribution in [1.29, 1.82) is 0 Å². The average Bonchev–Trinajstić information content (AvgIpc) is 3.01. The Bertz CT molecular complexity index is 1430. The molecule has 2 unspecified atom stereocenters. The van der Waals surface area contributed by atoms with Gasteiger partial charge in [-0.05, 0) is 119 Å². The van der Waals surface area contributed by atoms with E-state index in [1.807, 2.05) is 20.8 Å². The summed E-state index contributed by atoms with van der Waals surface area (Å²) in [5.41, 5.74) is 4.37. The monoisotopic (exact) mass is 619 g/mol. The molecule has 1 aliphatic rings. The van der Waals surface area contributed by atoms with Crippen molar-refractivity contribution in [3.8, 4) is 0 Å². The molecule has 0 radical (unpaired) electrons. The molecule has 45 heavy (non-hydrogen) atoms. The largest absolute Gasteiger partial charge is 0.389 e. The zero-order chi connectivity index (χ0) is 32.5. The molecule has 8 heteroatoms. The van der Waals surface area contributed by atoms with Gasteiger partial charge in [-0.15, -0.1) is 0 Å². The number of piperidine rings is 1. The number of aliphatic hydroxyl groups excluding tert-OH is 1. The molecule has 3 aromatic carbocycles. The fourth-order valence-corrected chi connectivity index (χ4v) is 6.38. The minimum absolute atomic E-state index is 0.0360. The van der Waals surface area contributed by atoms with Crippen LogP contribution in [0.1, 0.15) is 82.5 Å². The summed E-state index contributed by atoms with van der Waals surface area (Å²) in [4.78, 5) is 28.6. The number of hydrogen-bond donors (Lipinski definition) is 3. The molecule has 1 aliphatic heterocycles. The highest BCUT2D eigenvalue weighted by atomic mass is 19.1. The van der Waals surface area contributed by atoms with E-state index in [4.69, 9.17) is 0 Å². The number of nitrogens with zero attached hydrogens (tertiary/aromatic N) is 1. The molecule has 242 valence electrons. The summed E-state index contributed by atoms with van der Waals surface area (Å²) in [6.45, 7) is 9.75. The molecule has 0 spiro atoms. The Balaban J connectivity index is 1.48.